The molecule has 3 aromatic rings. The normalized spacial score (nSPS) is 14.6. The highest BCUT2D eigenvalue weighted by Gasteiger charge is 2.25. The third-order valence-corrected chi connectivity index (χ3v) is 5.06. The van der Waals surface area contributed by atoms with Gasteiger partial charge < -0.3 is 19.9 Å². The van der Waals surface area contributed by atoms with Crippen molar-refractivity contribution in [3.8, 4) is 35.0 Å². The number of hydrogen-bond donors (Lipinski definition) is 2. The smallest absolute Gasteiger partial charge is 0.231 e. The van der Waals surface area contributed by atoms with Crippen molar-refractivity contribution in [2.75, 3.05) is 19.6 Å². The predicted molar refractivity (Wildman–Crippen MR) is 118 cm³/mol. The van der Waals surface area contributed by atoms with Gasteiger partial charge in [0.25, 0.3) is 0 Å². The van der Waals surface area contributed by atoms with Crippen LogP contribution in [0.4, 0.5) is 0 Å². The second-order valence-corrected chi connectivity index (χ2v) is 7.73. The van der Waals surface area contributed by atoms with E-state index in [1.807, 2.05) is 39.8 Å². The van der Waals surface area contributed by atoms with Crippen molar-refractivity contribution in [1.29, 1.82) is 0 Å². The molecule has 0 unspecified atom stereocenters. The number of primary amides is 1. The molecule has 8 nitrogen and oxygen atoms in total. The molecule has 1 aliphatic rings. The maximum Gasteiger partial charge on any atom is 0.231 e. The molecule has 1 atom stereocenters. The van der Waals surface area contributed by atoms with Gasteiger partial charge in [0.15, 0.2) is 5.76 Å². The van der Waals surface area contributed by atoms with E-state index >= 15 is 0 Å². The summed E-state index contributed by atoms with van der Waals surface area (Å²) in [6.45, 7) is 3.94. The van der Waals surface area contributed by atoms with E-state index in [1.165, 1.54) is 0 Å². The van der Waals surface area contributed by atoms with E-state index in [1.54, 1.807) is 19.3 Å². The molecule has 1 aromatic carbocycles. The molecule has 32 heavy (non-hydrogen) atoms. The SMILES string of the molecule is C[C@H](O)c1nccn1Cc1cc(-c2ccc(C#CC#CC3CN(CC(N)=O)C3)cc2)on1. The first-order valence-electron chi connectivity index (χ1n) is 10.3. The first-order valence-corrected chi connectivity index (χ1v) is 10.3. The molecular weight excluding hydrogens is 406 g/mol. The van der Waals surface area contributed by atoms with E-state index in [4.69, 9.17) is 10.3 Å². The molecule has 0 radical (unpaired) electrons. The molecule has 3 heterocycles. The Morgan fingerprint density at radius 2 is 2.09 bits per heavy atom. The number of nitrogens with two attached hydrogens (primary N) is 1. The monoisotopic (exact) mass is 429 g/mol. The Morgan fingerprint density at radius 3 is 2.81 bits per heavy atom. The minimum Gasteiger partial charge on any atom is -0.385 e. The average molecular weight is 429 g/mol. The van der Waals surface area contributed by atoms with Gasteiger partial charge in [0.2, 0.25) is 5.91 Å². The summed E-state index contributed by atoms with van der Waals surface area (Å²) in [5.74, 6) is 13.1. The summed E-state index contributed by atoms with van der Waals surface area (Å²) < 4.78 is 7.32. The van der Waals surface area contributed by atoms with E-state index in [0.717, 1.165) is 29.9 Å². The van der Waals surface area contributed by atoms with Crippen LogP contribution in [0.3, 0.4) is 0 Å². The maximum absolute atomic E-state index is 10.8. The van der Waals surface area contributed by atoms with Crippen LogP contribution in [-0.2, 0) is 11.3 Å². The summed E-state index contributed by atoms with van der Waals surface area (Å²) in [6, 6.07) is 9.54. The number of nitrogens with zero attached hydrogens (tertiary/aromatic N) is 4. The van der Waals surface area contributed by atoms with Gasteiger partial charge in [0.05, 0.1) is 13.1 Å². The number of rotatable bonds is 6. The summed E-state index contributed by atoms with van der Waals surface area (Å²) in [7, 11) is 0. The first kappa shape index (κ1) is 21.4. The fraction of sp³-hybridized carbons (Fsp3) is 0.292. The highest BCUT2D eigenvalue weighted by Crippen LogP contribution is 2.22. The van der Waals surface area contributed by atoms with Crippen LogP contribution in [0.15, 0.2) is 47.2 Å². The fourth-order valence-electron chi connectivity index (χ4n) is 3.49. The van der Waals surface area contributed by atoms with E-state index in [2.05, 4.69) is 33.8 Å². The zero-order chi connectivity index (χ0) is 22.5. The van der Waals surface area contributed by atoms with Crippen LogP contribution < -0.4 is 5.73 Å². The molecular formula is C24H23N5O3. The molecule has 1 aliphatic heterocycles. The van der Waals surface area contributed by atoms with Crippen LogP contribution in [0.5, 0.6) is 0 Å². The van der Waals surface area contributed by atoms with E-state index < -0.39 is 6.10 Å². The molecule has 3 N–H and O–H groups in total. The molecule has 162 valence electrons. The third-order valence-electron chi connectivity index (χ3n) is 5.06. The number of likely N-dealkylation sites (tertiary alicyclic amines) is 1. The van der Waals surface area contributed by atoms with Crippen LogP contribution in [-0.4, -0.2) is 50.3 Å². The predicted octanol–water partition coefficient (Wildman–Crippen LogP) is 1.41. The maximum atomic E-state index is 10.8. The van der Waals surface area contributed by atoms with Crippen LogP contribution in [0.2, 0.25) is 0 Å². The van der Waals surface area contributed by atoms with Crippen molar-refractivity contribution >= 4 is 5.91 Å². The Labute approximate surface area is 186 Å². The number of carbonyl (C=O) groups excluding carboxylic acids is 1. The van der Waals surface area contributed by atoms with Crippen molar-refractivity contribution in [2.45, 2.75) is 19.6 Å². The van der Waals surface area contributed by atoms with Crippen molar-refractivity contribution in [1.82, 2.24) is 19.6 Å². The molecule has 4 rings (SSSR count). The second kappa shape index (κ2) is 9.52. The van der Waals surface area contributed by atoms with Crippen molar-refractivity contribution in [3.05, 3.63) is 59.8 Å². The number of imidazole rings is 1. The molecule has 1 saturated heterocycles. The zero-order valence-electron chi connectivity index (χ0n) is 17.7. The first-order chi connectivity index (χ1) is 15.5. The molecule has 0 saturated carbocycles. The van der Waals surface area contributed by atoms with Gasteiger partial charge in [-0.1, -0.05) is 17.0 Å². The number of aliphatic hydroxyl groups excluding tert-OH is 1. The van der Waals surface area contributed by atoms with Gasteiger partial charge in [-0.15, -0.1) is 0 Å². The van der Waals surface area contributed by atoms with Gasteiger partial charge in [-0.3, -0.25) is 9.69 Å². The van der Waals surface area contributed by atoms with Gasteiger partial charge in [0.1, 0.15) is 17.6 Å². The topological polar surface area (TPSA) is 110 Å². The van der Waals surface area contributed by atoms with E-state index in [-0.39, 0.29) is 18.4 Å². The number of aliphatic hydroxyl groups is 1. The van der Waals surface area contributed by atoms with E-state index in [0.29, 0.717) is 18.1 Å². The molecule has 1 fully saturated rings. The van der Waals surface area contributed by atoms with Crippen molar-refractivity contribution < 1.29 is 14.4 Å². The summed E-state index contributed by atoms with van der Waals surface area (Å²) in [6.07, 6.45) is 2.80. The minimum atomic E-state index is -0.653. The number of amides is 1. The Morgan fingerprint density at radius 1 is 1.31 bits per heavy atom. The second-order valence-electron chi connectivity index (χ2n) is 7.73. The molecule has 2 aromatic heterocycles. The van der Waals surface area contributed by atoms with Gasteiger partial charge in [0, 0.05) is 48.6 Å². The van der Waals surface area contributed by atoms with Crippen molar-refractivity contribution in [2.24, 2.45) is 11.7 Å². The van der Waals surface area contributed by atoms with Gasteiger partial charge in [-0.25, -0.2) is 4.98 Å². The Kier molecular flexibility index (Phi) is 6.37. The highest BCUT2D eigenvalue weighted by molar-refractivity contribution is 5.76. The van der Waals surface area contributed by atoms with Crippen LogP contribution in [0.25, 0.3) is 11.3 Å². The molecule has 0 bridgehead atoms. The number of hydrogen-bond acceptors (Lipinski definition) is 6. The lowest BCUT2D eigenvalue weighted by Crippen LogP contribution is -2.49. The van der Waals surface area contributed by atoms with Gasteiger partial charge in [-0.05, 0) is 43.0 Å². The minimum absolute atomic E-state index is 0.241. The summed E-state index contributed by atoms with van der Waals surface area (Å²) in [5.41, 5.74) is 7.65. The van der Waals surface area contributed by atoms with Crippen LogP contribution in [0, 0.1) is 29.6 Å². The lowest BCUT2D eigenvalue weighted by atomic mass is 10.0. The Hall–Kier alpha value is -3.85. The molecule has 0 aliphatic carbocycles. The summed E-state index contributed by atoms with van der Waals surface area (Å²) in [4.78, 5) is 17.0. The largest absolute Gasteiger partial charge is 0.385 e. The Balaban J connectivity index is 1.33. The van der Waals surface area contributed by atoms with Gasteiger partial charge >= 0.3 is 0 Å². The quantitative estimate of drug-likeness (QED) is 0.574. The molecule has 8 heteroatoms. The zero-order valence-corrected chi connectivity index (χ0v) is 17.7. The fourth-order valence-corrected chi connectivity index (χ4v) is 3.49. The number of aromatic nitrogens is 3. The number of carbonyl (C=O) groups is 1. The lowest BCUT2D eigenvalue weighted by molar-refractivity contribution is -0.120. The van der Waals surface area contributed by atoms with Gasteiger partial charge in [-0.2, -0.15) is 0 Å². The summed E-state index contributed by atoms with van der Waals surface area (Å²) >= 11 is 0. The van der Waals surface area contributed by atoms with Crippen LogP contribution >= 0.6 is 0 Å². The highest BCUT2D eigenvalue weighted by atomic mass is 16.5. The van der Waals surface area contributed by atoms with Crippen LogP contribution in [0.1, 0.15) is 30.1 Å². The standard InChI is InChI=1S/C24H23N5O3/c1-17(30)24-26-10-11-29(24)15-21-12-22(32-27-21)20-8-6-18(7-9-20)4-2-3-5-19-13-28(14-19)16-23(25)31/h6-12,17,19,30H,13-16H2,1H3,(H2,25,31)/t17-/m0/s1. The third kappa shape index (κ3) is 5.25. The van der Waals surface area contributed by atoms with E-state index in [9.17, 15) is 9.90 Å². The Bertz CT molecular complexity index is 1210. The van der Waals surface area contributed by atoms with Crippen molar-refractivity contribution in [3.63, 3.8) is 0 Å². The average Bonchev–Trinajstić information content (AvgIpc) is 3.39. The molecule has 1 amide bonds. The number of benzene rings is 1. The lowest BCUT2D eigenvalue weighted by Gasteiger charge is -2.34. The summed E-state index contributed by atoms with van der Waals surface area (Å²) in [5, 5.41) is 13.9. The molecule has 0 spiro atoms.